The van der Waals surface area contributed by atoms with E-state index in [2.05, 4.69) is 26.6 Å². The average Bonchev–Trinajstić information content (AvgIpc) is 2.53. The Hall–Kier alpha value is -0.313. The first-order valence-corrected chi connectivity index (χ1v) is 14.6. The fourth-order valence-electron chi connectivity index (χ4n) is 3.21. The molecule has 0 saturated carbocycles. The van der Waals surface area contributed by atoms with Crippen LogP contribution in [0.2, 0.25) is 19.6 Å². The van der Waals surface area contributed by atoms with E-state index in [-0.39, 0.29) is 5.97 Å². The highest BCUT2D eigenvalue weighted by atomic mass is 28.4. The van der Waals surface area contributed by atoms with E-state index in [1.807, 2.05) is 0 Å². The summed E-state index contributed by atoms with van der Waals surface area (Å²) < 4.78 is 5.46. The fourth-order valence-corrected chi connectivity index (χ4v) is 4.00. The zero-order valence-electron chi connectivity index (χ0n) is 17.8. The Kier molecular flexibility index (Phi) is 16.9. The largest absolute Gasteiger partial charge is 0.520 e. The van der Waals surface area contributed by atoms with Crippen molar-refractivity contribution in [3.8, 4) is 0 Å². The van der Waals surface area contributed by atoms with Crippen LogP contribution in [-0.2, 0) is 9.22 Å². The van der Waals surface area contributed by atoms with Gasteiger partial charge in [-0.05, 0) is 26.1 Å². The Morgan fingerprint density at radius 3 is 1.24 bits per heavy atom. The number of hydrogen-bond acceptors (Lipinski definition) is 2. The van der Waals surface area contributed by atoms with Gasteiger partial charge in [-0.1, -0.05) is 103 Å². The van der Waals surface area contributed by atoms with E-state index < -0.39 is 8.32 Å². The third-order valence-electron chi connectivity index (χ3n) is 4.65. The monoisotopic (exact) mass is 370 g/mol. The predicted octanol–water partition coefficient (Wildman–Crippen LogP) is 8.02. The second kappa shape index (κ2) is 17.1. The Labute approximate surface area is 159 Å². The number of carbonyl (C=O) groups is 1. The molecule has 0 unspecified atom stereocenters. The van der Waals surface area contributed by atoms with Crippen LogP contribution < -0.4 is 0 Å². The molecule has 0 N–H and O–H groups in total. The SMILES string of the molecule is CCCCCCCCCCCCCCCCCCC(=O)O[Si](C)(C)C. The van der Waals surface area contributed by atoms with E-state index in [9.17, 15) is 4.79 Å². The third kappa shape index (κ3) is 21.6. The van der Waals surface area contributed by atoms with Gasteiger partial charge in [-0.25, -0.2) is 0 Å². The molecule has 0 atom stereocenters. The van der Waals surface area contributed by atoms with Gasteiger partial charge in [0.05, 0.1) is 0 Å². The minimum Gasteiger partial charge on any atom is -0.520 e. The number of rotatable bonds is 18. The molecule has 0 spiro atoms. The summed E-state index contributed by atoms with van der Waals surface area (Å²) in [7, 11) is -1.68. The van der Waals surface area contributed by atoms with Crippen molar-refractivity contribution in [2.24, 2.45) is 0 Å². The highest BCUT2D eigenvalue weighted by Gasteiger charge is 2.19. The summed E-state index contributed by atoms with van der Waals surface area (Å²) >= 11 is 0. The normalized spacial score (nSPS) is 11.7. The Morgan fingerprint density at radius 1 is 0.600 bits per heavy atom. The van der Waals surface area contributed by atoms with Gasteiger partial charge in [-0.2, -0.15) is 0 Å². The Balaban J connectivity index is 3.13. The van der Waals surface area contributed by atoms with Crippen LogP contribution in [-0.4, -0.2) is 14.3 Å². The van der Waals surface area contributed by atoms with Crippen LogP contribution in [0.15, 0.2) is 0 Å². The molecular weight excluding hydrogens is 324 g/mol. The summed E-state index contributed by atoms with van der Waals surface area (Å²) in [6.07, 6.45) is 22.5. The second-order valence-electron chi connectivity index (χ2n) is 8.64. The molecule has 0 aliphatic heterocycles. The van der Waals surface area contributed by atoms with E-state index in [0.717, 1.165) is 6.42 Å². The summed E-state index contributed by atoms with van der Waals surface area (Å²) in [6.45, 7) is 8.49. The van der Waals surface area contributed by atoms with Gasteiger partial charge < -0.3 is 4.43 Å². The maximum atomic E-state index is 11.6. The molecular formula is C22H46O2Si. The minimum absolute atomic E-state index is 0.0181. The van der Waals surface area contributed by atoms with Crippen LogP contribution >= 0.6 is 0 Å². The molecule has 0 fully saturated rings. The molecule has 3 heteroatoms. The van der Waals surface area contributed by atoms with Crippen molar-refractivity contribution in [2.45, 2.75) is 136 Å². The van der Waals surface area contributed by atoms with E-state index >= 15 is 0 Å². The lowest BCUT2D eigenvalue weighted by Crippen LogP contribution is -2.28. The summed E-state index contributed by atoms with van der Waals surface area (Å²) in [5.41, 5.74) is 0. The molecule has 0 aromatic heterocycles. The summed E-state index contributed by atoms with van der Waals surface area (Å²) in [5.74, 6) is 0.0181. The van der Waals surface area contributed by atoms with Gasteiger partial charge in [0.1, 0.15) is 0 Å². The average molecular weight is 371 g/mol. The van der Waals surface area contributed by atoms with Crippen molar-refractivity contribution in [3.63, 3.8) is 0 Å². The maximum Gasteiger partial charge on any atom is 0.292 e. The van der Waals surface area contributed by atoms with Crippen LogP contribution in [0.3, 0.4) is 0 Å². The van der Waals surface area contributed by atoms with Crippen molar-refractivity contribution in [1.82, 2.24) is 0 Å². The highest BCUT2D eigenvalue weighted by molar-refractivity contribution is 6.71. The number of hydrogen-bond donors (Lipinski definition) is 0. The van der Waals surface area contributed by atoms with Gasteiger partial charge in [0, 0.05) is 6.42 Å². The Bertz CT molecular complexity index is 297. The van der Waals surface area contributed by atoms with Gasteiger partial charge in [-0.15, -0.1) is 0 Å². The zero-order valence-corrected chi connectivity index (χ0v) is 18.8. The molecule has 0 aromatic rings. The standard InChI is InChI=1S/C22H46O2Si/c1-5-6-7-8-9-10-11-12-13-14-15-16-17-18-19-20-21-22(23)24-25(2,3)4/h5-21H2,1-4H3. The van der Waals surface area contributed by atoms with Gasteiger partial charge >= 0.3 is 0 Å². The molecule has 0 aliphatic carbocycles. The lowest BCUT2D eigenvalue weighted by Gasteiger charge is -2.17. The van der Waals surface area contributed by atoms with Crippen molar-refractivity contribution < 1.29 is 9.22 Å². The van der Waals surface area contributed by atoms with Crippen molar-refractivity contribution >= 4 is 14.3 Å². The number of unbranched alkanes of at least 4 members (excludes halogenated alkanes) is 15. The lowest BCUT2D eigenvalue weighted by atomic mass is 10.0. The van der Waals surface area contributed by atoms with Crippen LogP contribution in [0.5, 0.6) is 0 Å². The molecule has 0 aliphatic rings. The molecule has 0 heterocycles. The van der Waals surface area contributed by atoms with E-state index in [4.69, 9.17) is 4.43 Å². The quantitative estimate of drug-likeness (QED) is 0.180. The van der Waals surface area contributed by atoms with E-state index in [0.29, 0.717) is 6.42 Å². The van der Waals surface area contributed by atoms with Crippen molar-refractivity contribution in [2.75, 3.05) is 0 Å². The number of carbonyl (C=O) groups excluding carboxylic acids is 1. The maximum absolute atomic E-state index is 11.6. The molecule has 150 valence electrons. The van der Waals surface area contributed by atoms with Gasteiger partial charge in [0.2, 0.25) is 8.32 Å². The van der Waals surface area contributed by atoms with Crippen LogP contribution in [0.25, 0.3) is 0 Å². The first-order valence-electron chi connectivity index (χ1n) is 11.2. The topological polar surface area (TPSA) is 26.3 Å². The predicted molar refractivity (Wildman–Crippen MR) is 114 cm³/mol. The van der Waals surface area contributed by atoms with Crippen molar-refractivity contribution in [3.05, 3.63) is 0 Å². The summed E-state index contributed by atoms with van der Waals surface area (Å²) in [4.78, 5) is 11.6. The highest BCUT2D eigenvalue weighted by Crippen LogP contribution is 2.14. The minimum atomic E-state index is -1.68. The molecule has 25 heavy (non-hydrogen) atoms. The molecule has 0 aromatic carbocycles. The van der Waals surface area contributed by atoms with Crippen LogP contribution in [0, 0.1) is 0 Å². The lowest BCUT2D eigenvalue weighted by molar-refractivity contribution is -0.135. The third-order valence-corrected chi connectivity index (χ3v) is 5.49. The molecule has 0 bridgehead atoms. The fraction of sp³-hybridized carbons (Fsp3) is 0.955. The van der Waals surface area contributed by atoms with Gasteiger partial charge in [0.25, 0.3) is 5.97 Å². The van der Waals surface area contributed by atoms with E-state index in [1.165, 1.54) is 96.3 Å². The second-order valence-corrected chi connectivity index (χ2v) is 13.1. The van der Waals surface area contributed by atoms with Crippen LogP contribution in [0.4, 0.5) is 0 Å². The van der Waals surface area contributed by atoms with Gasteiger partial charge in [0.15, 0.2) is 0 Å². The van der Waals surface area contributed by atoms with Crippen molar-refractivity contribution in [1.29, 1.82) is 0 Å². The Morgan fingerprint density at radius 2 is 0.920 bits per heavy atom. The first-order chi connectivity index (χ1) is 12.0. The van der Waals surface area contributed by atoms with E-state index in [1.54, 1.807) is 0 Å². The zero-order chi connectivity index (χ0) is 18.8. The molecule has 0 radical (unpaired) electrons. The molecule has 0 rings (SSSR count). The van der Waals surface area contributed by atoms with Gasteiger partial charge in [-0.3, -0.25) is 4.79 Å². The summed E-state index contributed by atoms with van der Waals surface area (Å²) in [5, 5.41) is 0. The molecule has 0 saturated heterocycles. The smallest absolute Gasteiger partial charge is 0.292 e. The first kappa shape index (κ1) is 24.7. The van der Waals surface area contributed by atoms with Crippen LogP contribution in [0.1, 0.15) is 116 Å². The molecule has 2 nitrogen and oxygen atoms in total. The summed E-state index contributed by atoms with van der Waals surface area (Å²) in [6, 6.07) is 0. The molecule has 0 amide bonds.